The van der Waals surface area contributed by atoms with E-state index in [1.165, 1.54) is 12.5 Å². The van der Waals surface area contributed by atoms with E-state index in [0.717, 1.165) is 0 Å². The third kappa shape index (κ3) is 2.46. The van der Waals surface area contributed by atoms with Crippen molar-refractivity contribution in [1.82, 2.24) is 5.16 Å². The number of rotatable bonds is 3. The van der Waals surface area contributed by atoms with Crippen LogP contribution in [0.1, 0.15) is 19.8 Å². The number of amides is 1. The van der Waals surface area contributed by atoms with Crippen molar-refractivity contribution in [2.45, 2.75) is 19.8 Å². The molecule has 1 aromatic rings. The molecule has 92 valence electrons. The zero-order valence-electron chi connectivity index (χ0n) is 9.42. The molecule has 1 fully saturated rings. The Labute approximate surface area is 98.0 Å². The molecule has 2 N–H and O–H groups in total. The molecule has 1 saturated carbocycles. The normalized spacial score (nSPS) is 27.9. The number of aliphatic carboxylic acids is 1. The molecule has 1 aliphatic carbocycles. The van der Waals surface area contributed by atoms with E-state index in [1.54, 1.807) is 0 Å². The van der Waals surface area contributed by atoms with Crippen molar-refractivity contribution >= 4 is 17.6 Å². The van der Waals surface area contributed by atoms with E-state index in [9.17, 15) is 9.59 Å². The Morgan fingerprint density at radius 2 is 2.18 bits per heavy atom. The summed E-state index contributed by atoms with van der Waals surface area (Å²) in [5, 5.41) is 15.1. The van der Waals surface area contributed by atoms with Gasteiger partial charge in [0.15, 0.2) is 0 Å². The second kappa shape index (κ2) is 4.57. The Bertz CT molecular complexity index is 415. The number of hydrogen-bond donors (Lipinski definition) is 2. The highest BCUT2D eigenvalue weighted by molar-refractivity contribution is 5.95. The molecule has 1 unspecified atom stereocenters. The Kier molecular flexibility index (Phi) is 3.12. The van der Waals surface area contributed by atoms with Crippen LogP contribution >= 0.6 is 0 Å². The van der Waals surface area contributed by atoms with Crippen LogP contribution in [0.5, 0.6) is 0 Å². The second-order valence-corrected chi connectivity index (χ2v) is 4.53. The summed E-state index contributed by atoms with van der Waals surface area (Å²) in [6.45, 7) is 1.96. The van der Waals surface area contributed by atoms with Crippen LogP contribution in [0.25, 0.3) is 0 Å². The fourth-order valence-corrected chi connectivity index (χ4v) is 2.36. The van der Waals surface area contributed by atoms with Gasteiger partial charge in [0.1, 0.15) is 12.0 Å². The van der Waals surface area contributed by atoms with E-state index in [4.69, 9.17) is 5.11 Å². The molecule has 0 bridgehead atoms. The van der Waals surface area contributed by atoms with Gasteiger partial charge in [0, 0.05) is 0 Å². The van der Waals surface area contributed by atoms with Crippen LogP contribution in [0.3, 0.4) is 0 Å². The molecule has 0 aliphatic heterocycles. The average Bonchev–Trinajstić information content (AvgIpc) is 2.86. The van der Waals surface area contributed by atoms with Crippen molar-refractivity contribution in [3.05, 3.63) is 12.5 Å². The van der Waals surface area contributed by atoms with Crippen LogP contribution in [0.15, 0.2) is 17.0 Å². The van der Waals surface area contributed by atoms with Crippen LogP contribution in [-0.4, -0.2) is 22.1 Å². The monoisotopic (exact) mass is 238 g/mol. The number of carboxylic acids is 1. The highest BCUT2D eigenvalue weighted by Crippen LogP contribution is 2.37. The van der Waals surface area contributed by atoms with Crippen molar-refractivity contribution in [2.75, 3.05) is 5.32 Å². The maximum absolute atomic E-state index is 11.9. The van der Waals surface area contributed by atoms with Crippen LogP contribution < -0.4 is 5.32 Å². The summed E-state index contributed by atoms with van der Waals surface area (Å²) >= 11 is 0. The molecular weight excluding hydrogens is 224 g/mol. The van der Waals surface area contributed by atoms with E-state index < -0.39 is 17.8 Å². The standard InChI is InChI=1S/C11H14N2O4/c1-6-2-8(9(3-6)11(15)16)10(14)13-7-4-12-17-5-7/h4-6,8-9H,2-3H2,1H3,(H,13,14)(H,15,16)/t6?,8-,9+/m0/s1. The molecular formula is C11H14N2O4. The van der Waals surface area contributed by atoms with Crippen LogP contribution in [0.2, 0.25) is 0 Å². The first-order chi connectivity index (χ1) is 8.08. The lowest BCUT2D eigenvalue weighted by molar-refractivity contribution is -0.145. The van der Waals surface area contributed by atoms with E-state index in [2.05, 4.69) is 15.0 Å². The summed E-state index contributed by atoms with van der Waals surface area (Å²) in [4.78, 5) is 23.0. The maximum Gasteiger partial charge on any atom is 0.307 e. The number of anilines is 1. The van der Waals surface area contributed by atoms with Crippen molar-refractivity contribution in [1.29, 1.82) is 0 Å². The van der Waals surface area contributed by atoms with Crippen LogP contribution in [0, 0.1) is 17.8 Å². The minimum Gasteiger partial charge on any atom is -0.481 e. The third-order valence-corrected chi connectivity index (χ3v) is 3.15. The van der Waals surface area contributed by atoms with Crippen molar-refractivity contribution in [3.63, 3.8) is 0 Å². The lowest BCUT2D eigenvalue weighted by Gasteiger charge is -2.14. The molecule has 2 rings (SSSR count). The number of nitrogens with one attached hydrogen (secondary N) is 1. The van der Waals surface area contributed by atoms with E-state index in [0.29, 0.717) is 18.5 Å². The smallest absolute Gasteiger partial charge is 0.307 e. The lowest BCUT2D eigenvalue weighted by atomic mass is 9.95. The van der Waals surface area contributed by atoms with Gasteiger partial charge in [-0.05, 0) is 18.8 Å². The van der Waals surface area contributed by atoms with Gasteiger partial charge in [-0.3, -0.25) is 9.59 Å². The van der Waals surface area contributed by atoms with Crippen molar-refractivity contribution < 1.29 is 19.2 Å². The van der Waals surface area contributed by atoms with Crippen molar-refractivity contribution in [2.24, 2.45) is 17.8 Å². The fraction of sp³-hybridized carbons (Fsp3) is 0.545. The predicted molar refractivity (Wildman–Crippen MR) is 58.1 cm³/mol. The topological polar surface area (TPSA) is 92.4 Å². The summed E-state index contributed by atoms with van der Waals surface area (Å²) in [6.07, 6.45) is 3.85. The largest absolute Gasteiger partial charge is 0.481 e. The molecule has 3 atom stereocenters. The number of nitrogens with zero attached hydrogens (tertiary/aromatic N) is 1. The SMILES string of the molecule is CC1C[C@H](C(=O)Nc2cnoc2)[C@H](C(=O)O)C1. The summed E-state index contributed by atoms with van der Waals surface area (Å²) in [5.41, 5.74) is 0.457. The number of hydrogen-bond acceptors (Lipinski definition) is 4. The molecule has 6 heteroatoms. The quantitative estimate of drug-likeness (QED) is 0.829. The predicted octanol–water partition coefficient (Wildman–Crippen LogP) is 1.36. The second-order valence-electron chi connectivity index (χ2n) is 4.53. The first kappa shape index (κ1) is 11.6. The fourth-order valence-electron chi connectivity index (χ4n) is 2.36. The molecule has 1 amide bonds. The van der Waals surface area contributed by atoms with Gasteiger partial charge in [0.25, 0.3) is 0 Å². The zero-order chi connectivity index (χ0) is 12.4. The van der Waals surface area contributed by atoms with E-state index in [1.807, 2.05) is 6.92 Å². The Hall–Kier alpha value is -1.85. The first-order valence-corrected chi connectivity index (χ1v) is 5.51. The molecule has 17 heavy (non-hydrogen) atoms. The van der Waals surface area contributed by atoms with Gasteiger partial charge < -0.3 is 14.9 Å². The minimum atomic E-state index is -0.903. The highest BCUT2D eigenvalue weighted by atomic mass is 16.5. The molecule has 6 nitrogen and oxygen atoms in total. The van der Waals surface area contributed by atoms with Gasteiger partial charge in [-0.2, -0.15) is 0 Å². The summed E-state index contributed by atoms with van der Waals surface area (Å²) in [6, 6.07) is 0. The molecule has 0 saturated heterocycles. The van der Waals surface area contributed by atoms with Crippen molar-refractivity contribution in [3.8, 4) is 0 Å². The number of carbonyl (C=O) groups is 2. The highest BCUT2D eigenvalue weighted by Gasteiger charge is 2.41. The van der Waals surface area contributed by atoms with Gasteiger partial charge in [-0.25, -0.2) is 0 Å². The molecule has 0 radical (unpaired) electrons. The van der Waals surface area contributed by atoms with E-state index >= 15 is 0 Å². The third-order valence-electron chi connectivity index (χ3n) is 3.15. The van der Waals surface area contributed by atoms with Gasteiger partial charge in [0.05, 0.1) is 18.0 Å². The zero-order valence-corrected chi connectivity index (χ0v) is 9.42. The first-order valence-electron chi connectivity index (χ1n) is 5.51. The van der Waals surface area contributed by atoms with Crippen LogP contribution in [0.4, 0.5) is 5.69 Å². The van der Waals surface area contributed by atoms with Gasteiger partial charge in [-0.15, -0.1) is 0 Å². The maximum atomic E-state index is 11.9. The molecule has 1 aromatic heterocycles. The molecule has 0 spiro atoms. The van der Waals surface area contributed by atoms with Gasteiger partial charge in [-0.1, -0.05) is 12.1 Å². The number of carbonyl (C=O) groups excluding carboxylic acids is 1. The lowest BCUT2D eigenvalue weighted by Crippen LogP contribution is -2.29. The number of aromatic nitrogens is 1. The van der Waals surface area contributed by atoms with Crippen LogP contribution in [-0.2, 0) is 9.59 Å². The Morgan fingerprint density at radius 1 is 1.47 bits per heavy atom. The number of carboxylic acid groups (broad SMARTS) is 1. The van der Waals surface area contributed by atoms with E-state index in [-0.39, 0.29) is 11.8 Å². The summed E-state index contributed by atoms with van der Waals surface area (Å²) < 4.78 is 4.59. The average molecular weight is 238 g/mol. The summed E-state index contributed by atoms with van der Waals surface area (Å²) in [5.74, 6) is -1.98. The van der Waals surface area contributed by atoms with Gasteiger partial charge >= 0.3 is 5.97 Å². The molecule has 1 heterocycles. The van der Waals surface area contributed by atoms with Gasteiger partial charge in [0.2, 0.25) is 5.91 Å². The molecule has 1 aliphatic rings. The summed E-state index contributed by atoms with van der Waals surface area (Å²) in [7, 11) is 0. The Balaban J connectivity index is 2.05. The Morgan fingerprint density at radius 3 is 2.76 bits per heavy atom. The molecule has 0 aromatic carbocycles. The minimum absolute atomic E-state index is 0.259.